The van der Waals surface area contributed by atoms with Gasteiger partial charge in [0.1, 0.15) is 0 Å². The Morgan fingerprint density at radius 1 is 1.40 bits per heavy atom. The quantitative estimate of drug-likeness (QED) is 0.575. The monoisotopic (exact) mass is 217 g/mol. The third kappa shape index (κ3) is 2.61. The van der Waals surface area contributed by atoms with Gasteiger partial charge in [-0.2, -0.15) is 0 Å². The third-order valence-electron chi connectivity index (χ3n) is 1.64. The van der Waals surface area contributed by atoms with Gasteiger partial charge in [0.25, 0.3) is 5.69 Å². The van der Waals surface area contributed by atoms with E-state index in [4.69, 9.17) is 4.74 Å². The summed E-state index contributed by atoms with van der Waals surface area (Å²) in [7, 11) is 0. The molecule has 0 fully saturated rings. The van der Waals surface area contributed by atoms with Gasteiger partial charge in [0, 0.05) is 0 Å². The van der Waals surface area contributed by atoms with E-state index < -0.39 is 28.0 Å². The van der Waals surface area contributed by atoms with Crippen molar-refractivity contribution in [3.8, 4) is 5.75 Å². The number of nitro benzene ring substituents is 1. The van der Waals surface area contributed by atoms with Gasteiger partial charge in [0.2, 0.25) is 0 Å². The van der Waals surface area contributed by atoms with E-state index in [1.165, 1.54) is 0 Å². The lowest BCUT2D eigenvalue weighted by atomic mass is 10.3. The lowest BCUT2D eigenvalue weighted by Gasteiger charge is -2.06. The second-order valence-electron chi connectivity index (χ2n) is 2.84. The molecule has 4 nitrogen and oxygen atoms in total. The summed E-state index contributed by atoms with van der Waals surface area (Å²) in [6.45, 7) is 1.94. The first-order chi connectivity index (χ1) is 7.06. The summed E-state index contributed by atoms with van der Waals surface area (Å²) in [5.74, 6) is -2.69. The highest BCUT2D eigenvalue weighted by molar-refractivity contribution is 5.39. The van der Waals surface area contributed by atoms with Crippen LogP contribution in [0.5, 0.6) is 5.75 Å². The van der Waals surface area contributed by atoms with E-state index in [0.717, 1.165) is 0 Å². The number of nitro groups is 1. The molecule has 1 aromatic rings. The molecule has 82 valence electrons. The van der Waals surface area contributed by atoms with E-state index in [0.29, 0.717) is 18.6 Å². The number of non-ortho nitro benzene ring substituents is 1. The Labute approximate surface area is 84.6 Å². The van der Waals surface area contributed by atoms with E-state index in [1.54, 1.807) is 6.92 Å². The molecule has 15 heavy (non-hydrogen) atoms. The first-order valence-corrected chi connectivity index (χ1v) is 4.32. The van der Waals surface area contributed by atoms with Crippen LogP contribution in [0.25, 0.3) is 0 Å². The van der Waals surface area contributed by atoms with Crippen molar-refractivity contribution in [2.75, 3.05) is 6.61 Å². The van der Waals surface area contributed by atoms with Crippen LogP contribution >= 0.6 is 0 Å². The zero-order chi connectivity index (χ0) is 11.4. The SMILES string of the molecule is CCCOc1c(F)cc([N+](=O)[O-])cc1F. The largest absolute Gasteiger partial charge is 0.488 e. The summed E-state index contributed by atoms with van der Waals surface area (Å²) in [4.78, 5) is 9.40. The second kappa shape index (κ2) is 4.68. The van der Waals surface area contributed by atoms with Crippen LogP contribution in [-0.4, -0.2) is 11.5 Å². The topological polar surface area (TPSA) is 52.4 Å². The molecule has 0 radical (unpaired) electrons. The average molecular weight is 217 g/mol. The summed E-state index contributed by atoms with van der Waals surface area (Å²) in [5, 5.41) is 10.3. The zero-order valence-electron chi connectivity index (χ0n) is 8.00. The fraction of sp³-hybridized carbons (Fsp3) is 0.333. The zero-order valence-corrected chi connectivity index (χ0v) is 8.00. The van der Waals surface area contributed by atoms with Gasteiger partial charge in [0.05, 0.1) is 23.7 Å². The van der Waals surface area contributed by atoms with Gasteiger partial charge in [-0.15, -0.1) is 0 Å². The highest BCUT2D eigenvalue weighted by Gasteiger charge is 2.17. The van der Waals surface area contributed by atoms with E-state index in [2.05, 4.69) is 0 Å². The van der Waals surface area contributed by atoms with Gasteiger partial charge in [-0.1, -0.05) is 6.92 Å². The molecular formula is C9H9F2NO3. The molecule has 0 aliphatic heterocycles. The standard InChI is InChI=1S/C9H9F2NO3/c1-2-3-15-9-7(10)4-6(12(13)14)5-8(9)11/h4-5H,2-3H2,1H3. The van der Waals surface area contributed by atoms with Crippen LogP contribution in [0.15, 0.2) is 12.1 Å². The minimum atomic E-state index is -1.06. The smallest absolute Gasteiger partial charge is 0.275 e. The first-order valence-electron chi connectivity index (χ1n) is 4.32. The molecule has 0 aliphatic carbocycles. The Bertz CT molecular complexity index is 359. The number of halogens is 2. The summed E-state index contributed by atoms with van der Waals surface area (Å²) >= 11 is 0. The van der Waals surface area contributed by atoms with Crippen LogP contribution in [0, 0.1) is 21.7 Å². The minimum absolute atomic E-state index is 0.158. The molecule has 0 unspecified atom stereocenters. The first kappa shape index (κ1) is 11.4. The van der Waals surface area contributed by atoms with Crippen LogP contribution in [0.2, 0.25) is 0 Å². The maximum Gasteiger partial charge on any atom is 0.275 e. The third-order valence-corrected chi connectivity index (χ3v) is 1.64. The molecule has 0 N–H and O–H groups in total. The molecule has 0 aliphatic rings. The number of rotatable bonds is 4. The molecule has 0 aromatic heterocycles. The maximum absolute atomic E-state index is 13.1. The van der Waals surface area contributed by atoms with E-state index in [-0.39, 0.29) is 6.61 Å². The van der Waals surface area contributed by atoms with Crippen molar-refractivity contribution in [2.45, 2.75) is 13.3 Å². The highest BCUT2D eigenvalue weighted by Crippen LogP contribution is 2.26. The average Bonchev–Trinajstić information content (AvgIpc) is 2.16. The predicted octanol–water partition coefficient (Wildman–Crippen LogP) is 2.66. The molecule has 0 saturated heterocycles. The molecule has 0 spiro atoms. The van der Waals surface area contributed by atoms with Gasteiger partial charge in [-0.25, -0.2) is 8.78 Å². The van der Waals surface area contributed by atoms with Crippen LogP contribution in [0.1, 0.15) is 13.3 Å². The normalized spacial score (nSPS) is 10.1. The lowest BCUT2D eigenvalue weighted by Crippen LogP contribution is -2.01. The Hall–Kier alpha value is -1.72. The number of hydrogen-bond donors (Lipinski definition) is 0. The van der Waals surface area contributed by atoms with Crippen molar-refractivity contribution >= 4 is 5.69 Å². The van der Waals surface area contributed by atoms with Gasteiger partial charge >= 0.3 is 0 Å². The molecule has 0 saturated carbocycles. The van der Waals surface area contributed by atoms with Crippen LogP contribution in [0.3, 0.4) is 0 Å². The Balaban J connectivity index is 3.04. The van der Waals surface area contributed by atoms with Gasteiger partial charge in [-0.3, -0.25) is 10.1 Å². The number of benzene rings is 1. The fourth-order valence-corrected chi connectivity index (χ4v) is 0.994. The Morgan fingerprint density at radius 3 is 2.33 bits per heavy atom. The summed E-state index contributed by atoms with van der Waals surface area (Å²) in [6, 6.07) is 1.27. The molecule has 0 heterocycles. The predicted molar refractivity (Wildman–Crippen MR) is 48.8 cm³/mol. The molecule has 0 atom stereocenters. The van der Waals surface area contributed by atoms with Crippen molar-refractivity contribution in [2.24, 2.45) is 0 Å². The highest BCUT2D eigenvalue weighted by atomic mass is 19.1. The van der Waals surface area contributed by atoms with Crippen molar-refractivity contribution in [1.29, 1.82) is 0 Å². The minimum Gasteiger partial charge on any atom is -0.488 e. The van der Waals surface area contributed by atoms with E-state index >= 15 is 0 Å². The fourth-order valence-electron chi connectivity index (χ4n) is 0.994. The van der Waals surface area contributed by atoms with E-state index in [1.807, 2.05) is 0 Å². The van der Waals surface area contributed by atoms with Crippen LogP contribution < -0.4 is 4.74 Å². The van der Waals surface area contributed by atoms with Crippen molar-refractivity contribution in [3.05, 3.63) is 33.9 Å². The van der Waals surface area contributed by atoms with Crippen molar-refractivity contribution in [3.63, 3.8) is 0 Å². The Kier molecular flexibility index (Phi) is 3.54. The number of nitrogens with zero attached hydrogens (tertiary/aromatic N) is 1. The van der Waals surface area contributed by atoms with E-state index in [9.17, 15) is 18.9 Å². The molecule has 0 amide bonds. The number of hydrogen-bond acceptors (Lipinski definition) is 3. The summed E-state index contributed by atoms with van der Waals surface area (Å²) in [6.07, 6.45) is 0.593. The molecule has 0 bridgehead atoms. The number of ether oxygens (including phenoxy) is 1. The van der Waals surface area contributed by atoms with Crippen LogP contribution in [0.4, 0.5) is 14.5 Å². The van der Waals surface area contributed by atoms with Crippen LogP contribution in [-0.2, 0) is 0 Å². The van der Waals surface area contributed by atoms with Crippen molar-refractivity contribution in [1.82, 2.24) is 0 Å². The van der Waals surface area contributed by atoms with Gasteiger partial charge in [-0.05, 0) is 6.42 Å². The molecule has 1 aromatic carbocycles. The second-order valence-corrected chi connectivity index (χ2v) is 2.84. The molecule has 6 heteroatoms. The lowest BCUT2D eigenvalue weighted by molar-refractivity contribution is -0.385. The Morgan fingerprint density at radius 2 is 1.93 bits per heavy atom. The van der Waals surface area contributed by atoms with Crippen molar-refractivity contribution < 1.29 is 18.4 Å². The summed E-state index contributed by atoms with van der Waals surface area (Å²) < 4.78 is 31.0. The molecular weight excluding hydrogens is 208 g/mol. The summed E-state index contributed by atoms with van der Waals surface area (Å²) in [5.41, 5.74) is -0.631. The maximum atomic E-state index is 13.1. The van der Waals surface area contributed by atoms with Gasteiger partial charge in [0.15, 0.2) is 17.4 Å². The molecule has 1 rings (SSSR count). The van der Waals surface area contributed by atoms with Gasteiger partial charge < -0.3 is 4.74 Å².